The lowest BCUT2D eigenvalue weighted by Gasteiger charge is -2.32. The normalized spacial score (nSPS) is 18.7. The molecule has 166 valence electrons. The average molecular weight is 464 g/mol. The summed E-state index contributed by atoms with van der Waals surface area (Å²) in [6.07, 6.45) is 7.55. The van der Waals surface area contributed by atoms with Gasteiger partial charge in [0, 0.05) is 44.5 Å². The fourth-order valence-corrected chi connectivity index (χ4v) is 6.05. The highest BCUT2D eigenvalue weighted by atomic mass is 35.5. The molecule has 0 spiro atoms. The zero-order valence-corrected chi connectivity index (χ0v) is 18.8. The first kappa shape index (κ1) is 22.0. The number of hydrogen-bond donors (Lipinski definition) is 1. The van der Waals surface area contributed by atoms with Gasteiger partial charge < -0.3 is 10.2 Å². The average Bonchev–Trinajstić information content (AvgIpc) is 2.80. The fourth-order valence-electron chi connectivity index (χ4n) is 4.15. The van der Waals surface area contributed by atoms with Crippen LogP contribution in [0.2, 0.25) is 5.15 Å². The molecule has 1 N–H and O–H groups in total. The number of piperidine rings is 2. The number of nitrogens with zero attached hydrogens (tertiary/aromatic N) is 4. The molecule has 0 atom stereocenters. The lowest BCUT2D eigenvalue weighted by atomic mass is 9.97. The van der Waals surface area contributed by atoms with E-state index in [-0.39, 0.29) is 35.0 Å². The maximum Gasteiger partial charge on any atom is 0.246 e. The Morgan fingerprint density at radius 2 is 1.68 bits per heavy atom. The first-order valence-electron chi connectivity index (χ1n) is 10.6. The minimum absolute atomic E-state index is 0.00102. The number of sulfonamides is 1. The van der Waals surface area contributed by atoms with Crippen LogP contribution in [0.3, 0.4) is 0 Å². The second-order valence-corrected chi connectivity index (χ2v) is 10.1. The Bertz CT molecular complexity index is 1030. The number of carbonyl (C=O) groups excluding carboxylic acids is 1. The Morgan fingerprint density at radius 1 is 1.00 bits per heavy atom. The number of halogens is 1. The molecule has 2 saturated heterocycles. The van der Waals surface area contributed by atoms with Gasteiger partial charge in [0.15, 0.2) is 5.82 Å². The number of pyridine rings is 2. The Morgan fingerprint density at radius 3 is 2.39 bits per heavy atom. The highest BCUT2D eigenvalue weighted by Crippen LogP contribution is 2.29. The largest absolute Gasteiger partial charge is 0.355 e. The molecule has 0 saturated carbocycles. The van der Waals surface area contributed by atoms with E-state index >= 15 is 0 Å². The number of nitrogens with one attached hydrogen (secondary N) is 1. The van der Waals surface area contributed by atoms with Crippen molar-refractivity contribution in [1.82, 2.24) is 14.3 Å². The molecule has 0 radical (unpaired) electrons. The van der Waals surface area contributed by atoms with Gasteiger partial charge in [-0.3, -0.25) is 4.79 Å². The van der Waals surface area contributed by atoms with E-state index in [0.29, 0.717) is 18.5 Å². The summed E-state index contributed by atoms with van der Waals surface area (Å²) in [4.78, 5) is 23.5. The molecule has 31 heavy (non-hydrogen) atoms. The van der Waals surface area contributed by atoms with Gasteiger partial charge in [-0.1, -0.05) is 11.6 Å². The summed E-state index contributed by atoms with van der Waals surface area (Å²) in [7, 11) is -3.73. The van der Waals surface area contributed by atoms with Crippen molar-refractivity contribution in [2.45, 2.75) is 37.0 Å². The van der Waals surface area contributed by atoms with Crippen LogP contribution in [0.25, 0.3) is 0 Å². The van der Waals surface area contributed by atoms with Crippen LogP contribution in [0.5, 0.6) is 0 Å². The van der Waals surface area contributed by atoms with Gasteiger partial charge in [-0.25, -0.2) is 18.4 Å². The molecule has 2 aliphatic rings. The van der Waals surface area contributed by atoms with Crippen LogP contribution in [-0.4, -0.2) is 54.8 Å². The van der Waals surface area contributed by atoms with E-state index in [4.69, 9.17) is 11.6 Å². The Balaban J connectivity index is 1.40. The van der Waals surface area contributed by atoms with E-state index in [0.717, 1.165) is 31.7 Å². The summed E-state index contributed by atoms with van der Waals surface area (Å²) in [6, 6.07) is 6.69. The molecule has 0 bridgehead atoms. The standard InChI is InChI=1S/C21H26ClN5O3S/c22-19-18(7-5-10-23-19)31(29,30)27-14-8-16(9-15-27)21(28)25-17-6-4-11-24-20(17)26-12-2-1-3-13-26/h4-7,10-11,16H,1-3,8-9,12-15H2,(H,25,28). The van der Waals surface area contributed by atoms with Crippen molar-refractivity contribution in [3.8, 4) is 0 Å². The van der Waals surface area contributed by atoms with Crippen LogP contribution in [0.15, 0.2) is 41.6 Å². The molecular formula is C21H26ClN5O3S. The molecule has 2 fully saturated rings. The van der Waals surface area contributed by atoms with Crippen LogP contribution in [0.4, 0.5) is 11.5 Å². The molecule has 2 aromatic heterocycles. The number of anilines is 2. The molecule has 2 aromatic rings. The number of amides is 1. The SMILES string of the molecule is O=C(Nc1cccnc1N1CCCCC1)C1CCN(S(=O)(=O)c2cccnc2Cl)CC1. The van der Waals surface area contributed by atoms with Gasteiger partial charge in [-0.2, -0.15) is 4.31 Å². The van der Waals surface area contributed by atoms with Crippen molar-refractivity contribution in [2.24, 2.45) is 5.92 Å². The number of aromatic nitrogens is 2. The van der Waals surface area contributed by atoms with Crippen LogP contribution in [-0.2, 0) is 14.8 Å². The lowest BCUT2D eigenvalue weighted by Crippen LogP contribution is -2.41. The van der Waals surface area contributed by atoms with Gasteiger partial charge in [0.1, 0.15) is 10.0 Å². The van der Waals surface area contributed by atoms with Crippen LogP contribution in [0, 0.1) is 5.92 Å². The van der Waals surface area contributed by atoms with E-state index in [9.17, 15) is 13.2 Å². The summed E-state index contributed by atoms with van der Waals surface area (Å²) in [6.45, 7) is 2.40. The molecule has 0 aliphatic carbocycles. The van der Waals surface area contributed by atoms with E-state index in [2.05, 4.69) is 20.2 Å². The van der Waals surface area contributed by atoms with Crippen LogP contribution >= 0.6 is 11.6 Å². The zero-order valence-electron chi connectivity index (χ0n) is 17.2. The Hall–Kier alpha value is -2.23. The van der Waals surface area contributed by atoms with E-state index in [1.807, 2.05) is 12.1 Å². The third-order valence-electron chi connectivity index (χ3n) is 5.87. The van der Waals surface area contributed by atoms with Gasteiger partial charge in [0.2, 0.25) is 15.9 Å². The Labute approximate surface area is 187 Å². The third-order valence-corrected chi connectivity index (χ3v) is 8.21. The summed E-state index contributed by atoms with van der Waals surface area (Å²) in [5.74, 6) is 0.453. The third kappa shape index (κ3) is 4.83. The van der Waals surface area contributed by atoms with Gasteiger partial charge in [0.25, 0.3) is 0 Å². The maximum atomic E-state index is 12.9. The molecule has 4 rings (SSSR count). The molecule has 0 aromatic carbocycles. The minimum Gasteiger partial charge on any atom is -0.355 e. The van der Waals surface area contributed by atoms with E-state index in [1.54, 1.807) is 12.3 Å². The number of rotatable bonds is 5. The van der Waals surface area contributed by atoms with Crippen molar-refractivity contribution in [2.75, 3.05) is 36.4 Å². The first-order chi connectivity index (χ1) is 15.0. The Kier molecular flexibility index (Phi) is 6.74. The highest BCUT2D eigenvalue weighted by molar-refractivity contribution is 7.89. The summed E-state index contributed by atoms with van der Waals surface area (Å²) in [5.41, 5.74) is 0.714. The topological polar surface area (TPSA) is 95.5 Å². The second-order valence-electron chi connectivity index (χ2n) is 7.88. The predicted octanol–water partition coefficient (Wildman–Crippen LogP) is 3.16. The molecule has 0 unspecified atom stereocenters. The summed E-state index contributed by atoms with van der Waals surface area (Å²) >= 11 is 5.99. The van der Waals surface area contributed by atoms with E-state index < -0.39 is 10.0 Å². The van der Waals surface area contributed by atoms with Crippen molar-refractivity contribution < 1.29 is 13.2 Å². The van der Waals surface area contributed by atoms with Crippen LogP contribution in [0.1, 0.15) is 32.1 Å². The molecule has 10 heteroatoms. The quantitative estimate of drug-likeness (QED) is 0.684. The van der Waals surface area contributed by atoms with Gasteiger partial charge in [-0.05, 0) is 56.4 Å². The van der Waals surface area contributed by atoms with Crippen molar-refractivity contribution in [3.05, 3.63) is 41.8 Å². The fraction of sp³-hybridized carbons (Fsp3) is 0.476. The second kappa shape index (κ2) is 9.50. The van der Waals surface area contributed by atoms with E-state index in [1.165, 1.54) is 23.0 Å². The van der Waals surface area contributed by atoms with Gasteiger partial charge in [-0.15, -0.1) is 0 Å². The predicted molar refractivity (Wildman–Crippen MR) is 120 cm³/mol. The molecule has 2 aliphatic heterocycles. The van der Waals surface area contributed by atoms with Gasteiger partial charge >= 0.3 is 0 Å². The zero-order chi connectivity index (χ0) is 21.8. The molecule has 8 nitrogen and oxygen atoms in total. The molecule has 4 heterocycles. The molecule has 1 amide bonds. The smallest absolute Gasteiger partial charge is 0.246 e. The van der Waals surface area contributed by atoms with Crippen LogP contribution < -0.4 is 10.2 Å². The van der Waals surface area contributed by atoms with Crippen molar-refractivity contribution >= 4 is 39.0 Å². The highest BCUT2D eigenvalue weighted by Gasteiger charge is 2.33. The molecular weight excluding hydrogens is 438 g/mol. The maximum absolute atomic E-state index is 12.9. The van der Waals surface area contributed by atoms with Crippen molar-refractivity contribution in [1.29, 1.82) is 0 Å². The van der Waals surface area contributed by atoms with Crippen molar-refractivity contribution in [3.63, 3.8) is 0 Å². The summed E-state index contributed by atoms with van der Waals surface area (Å²) < 4.78 is 27.1. The summed E-state index contributed by atoms with van der Waals surface area (Å²) in [5, 5.41) is 2.99. The lowest BCUT2D eigenvalue weighted by molar-refractivity contribution is -0.120. The number of hydrogen-bond acceptors (Lipinski definition) is 6. The first-order valence-corrected chi connectivity index (χ1v) is 12.4. The minimum atomic E-state index is -3.73. The number of carbonyl (C=O) groups is 1. The van der Waals surface area contributed by atoms with Gasteiger partial charge in [0.05, 0.1) is 5.69 Å². The monoisotopic (exact) mass is 463 g/mol.